The predicted octanol–water partition coefficient (Wildman–Crippen LogP) is 1.87. The Hall–Kier alpha value is -2.77. The van der Waals surface area contributed by atoms with Crippen molar-refractivity contribution in [3.63, 3.8) is 0 Å². The Morgan fingerprint density at radius 2 is 1.83 bits per heavy atom. The van der Waals surface area contributed by atoms with E-state index in [2.05, 4.69) is 5.32 Å². The number of Topliss-reactive ketones (excluding diaryl/α,β-unsaturated/α-hetero) is 1. The van der Waals surface area contributed by atoms with Gasteiger partial charge in [0.05, 0.1) is 12.1 Å². The van der Waals surface area contributed by atoms with E-state index in [0.717, 1.165) is 0 Å². The van der Waals surface area contributed by atoms with Crippen molar-refractivity contribution in [2.75, 3.05) is 13.2 Å². The molecule has 0 aliphatic carbocycles. The summed E-state index contributed by atoms with van der Waals surface area (Å²) in [6, 6.07) is 2.69. The van der Waals surface area contributed by atoms with Gasteiger partial charge >= 0.3 is 12.1 Å². The lowest BCUT2D eigenvalue weighted by Gasteiger charge is -2.19. The zero-order chi connectivity index (χ0) is 18.5. The second kappa shape index (κ2) is 7.67. The molecule has 8 nitrogen and oxygen atoms in total. The van der Waals surface area contributed by atoms with Crippen molar-refractivity contribution in [1.82, 2.24) is 5.32 Å². The molecule has 0 radical (unpaired) electrons. The van der Waals surface area contributed by atoms with Crippen LogP contribution in [0.3, 0.4) is 0 Å². The van der Waals surface area contributed by atoms with Gasteiger partial charge in [-0.15, -0.1) is 0 Å². The van der Waals surface area contributed by atoms with E-state index < -0.39 is 30.1 Å². The highest BCUT2D eigenvalue weighted by molar-refractivity contribution is 6.01. The number of amides is 1. The first kappa shape index (κ1) is 19.3. The third kappa shape index (κ3) is 5.79. The molecular formula is C16H21NO7. The number of aromatic hydroxyl groups is 1. The van der Waals surface area contributed by atoms with Gasteiger partial charge in [0.25, 0.3) is 0 Å². The number of nitrogens with one attached hydrogen (secondary N) is 1. The summed E-state index contributed by atoms with van der Waals surface area (Å²) in [5.74, 6) is -1.85. The highest BCUT2D eigenvalue weighted by atomic mass is 16.6. The van der Waals surface area contributed by atoms with Crippen LogP contribution in [0.1, 0.15) is 36.7 Å². The van der Waals surface area contributed by atoms with E-state index in [-0.39, 0.29) is 29.2 Å². The van der Waals surface area contributed by atoms with Crippen LogP contribution in [0, 0.1) is 6.92 Å². The number of hydrogen-bond acceptors (Lipinski definition) is 6. The topological polar surface area (TPSA) is 122 Å². The van der Waals surface area contributed by atoms with Gasteiger partial charge in [-0.3, -0.25) is 4.79 Å². The van der Waals surface area contributed by atoms with Gasteiger partial charge in [-0.05, 0) is 39.8 Å². The molecular weight excluding hydrogens is 318 g/mol. The maximum absolute atomic E-state index is 12.1. The van der Waals surface area contributed by atoms with Crippen molar-refractivity contribution in [2.45, 2.75) is 33.3 Å². The number of alkyl carbamates (subject to hydrolysis) is 1. The number of benzene rings is 1. The lowest BCUT2D eigenvalue weighted by Crippen LogP contribution is -2.35. The van der Waals surface area contributed by atoms with Crippen LogP contribution >= 0.6 is 0 Å². The average Bonchev–Trinajstić information content (AvgIpc) is 2.44. The molecule has 0 aliphatic rings. The summed E-state index contributed by atoms with van der Waals surface area (Å²) in [5.41, 5.74) is -0.458. The van der Waals surface area contributed by atoms with Crippen molar-refractivity contribution in [3.05, 3.63) is 23.3 Å². The van der Waals surface area contributed by atoms with E-state index in [0.29, 0.717) is 0 Å². The van der Waals surface area contributed by atoms with Crippen molar-refractivity contribution in [1.29, 1.82) is 0 Å². The van der Waals surface area contributed by atoms with Crippen LogP contribution in [0.2, 0.25) is 0 Å². The number of phenolic OH excluding ortho intramolecular Hbond substituents is 1. The van der Waals surface area contributed by atoms with Gasteiger partial charge in [0, 0.05) is 5.56 Å². The monoisotopic (exact) mass is 339 g/mol. The molecule has 3 N–H and O–H groups in total. The molecule has 24 heavy (non-hydrogen) atoms. The van der Waals surface area contributed by atoms with Crippen molar-refractivity contribution in [3.8, 4) is 11.5 Å². The molecule has 1 aromatic carbocycles. The fourth-order valence-electron chi connectivity index (χ4n) is 1.76. The number of rotatable bonds is 6. The fourth-order valence-corrected chi connectivity index (χ4v) is 1.76. The molecule has 0 aromatic heterocycles. The summed E-state index contributed by atoms with van der Waals surface area (Å²) in [5, 5.41) is 21.0. The number of hydrogen-bond donors (Lipinski definition) is 3. The van der Waals surface area contributed by atoms with Crippen LogP contribution in [0.5, 0.6) is 11.5 Å². The Bertz CT molecular complexity index is 647. The maximum Gasteiger partial charge on any atom is 0.408 e. The fraction of sp³-hybridized carbons (Fsp3) is 0.438. The van der Waals surface area contributed by atoms with Crippen LogP contribution < -0.4 is 10.1 Å². The maximum atomic E-state index is 12.1. The molecule has 0 heterocycles. The van der Waals surface area contributed by atoms with E-state index in [1.807, 2.05) is 0 Å². The molecule has 8 heteroatoms. The standard InChI is InChI=1S/C16H21NO7/c1-9-12(23-8-13(19)20)6-5-10(14(9)21)11(18)7-17-15(22)24-16(2,3)4/h5-6,21H,7-8H2,1-4H3,(H,17,22)(H,19,20). The Kier molecular flexibility index (Phi) is 6.16. The zero-order valence-electron chi connectivity index (χ0n) is 14.0. The molecule has 132 valence electrons. The first-order chi connectivity index (χ1) is 11.0. The molecule has 0 aliphatic heterocycles. The van der Waals surface area contributed by atoms with E-state index in [1.165, 1.54) is 19.1 Å². The smallest absolute Gasteiger partial charge is 0.408 e. The Balaban J connectivity index is 2.76. The number of carboxylic acid groups (broad SMARTS) is 1. The van der Waals surface area contributed by atoms with Crippen LogP contribution in [-0.2, 0) is 9.53 Å². The van der Waals surface area contributed by atoms with Crippen LogP contribution in [-0.4, -0.2) is 46.8 Å². The molecule has 0 spiro atoms. The minimum atomic E-state index is -1.16. The quantitative estimate of drug-likeness (QED) is 0.676. The zero-order valence-corrected chi connectivity index (χ0v) is 14.0. The van der Waals surface area contributed by atoms with E-state index in [4.69, 9.17) is 14.6 Å². The summed E-state index contributed by atoms with van der Waals surface area (Å²) in [7, 11) is 0. The normalized spacial score (nSPS) is 10.8. The van der Waals surface area contributed by atoms with Gasteiger partial charge in [0.2, 0.25) is 0 Å². The SMILES string of the molecule is Cc1c(OCC(=O)O)ccc(C(=O)CNC(=O)OC(C)(C)C)c1O. The molecule has 0 bridgehead atoms. The largest absolute Gasteiger partial charge is 0.507 e. The second-order valence-corrected chi connectivity index (χ2v) is 6.05. The summed E-state index contributed by atoms with van der Waals surface area (Å²) < 4.78 is 10.0. The third-order valence-electron chi connectivity index (χ3n) is 2.83. The summed E-state index contributed by atoms with van der Waals surface area (Å²) in [4.78, 5) is 34.1. The summed E-state index contributed by atoms with van der Waals surface area (Å²) in [6.45, 7) is 5.66. The van der Waals surface area contributed by atoms with Crippen LogP contribution in [0.25, 0.3) is 0 Å². The first-order valence-corrected chi connectivity index (χ1v) is 7.18. The third-order valence-corrected chi connectivity index (χ3v) is 2.83. The molecule has 1 rings (SSSR count). The van der Waals surface area contributed by atoms with Gasteiger partial charge in [-0.2, -0.15) is 0 Å². The van der Waals surface area contributed by atoms with Gasteiger partial charge in [0.15, 0.2) is 12.4 Å². The number of aliphatic carboxylic acids is 1. The molecule has 1 aromatic rings. The Morgan fingerprint density at radius 1 is 1.21 bits per heavy atom. The lowest BCUT2D eigenvalue weighted by atomic mass is 10.0. The summed E-state index contributed by atoms with van der Waals surface area (Å²) in [6.07, 6.45) is -0.742. The molecule has 0 saturated heterocycles. The minimum Gasteiger partial charge on any atom is -0.507 e. The van der Waals surface area contributed by atoms with Gasteiger partial charge < -0.3 is 25.0 Å². The van der Waals surface area contributed by atoms with Crippen LogP contribution in [0.15, 0.2) is 12.1 Å². The van der Waals surface area contributed by atoms with Crippen molar-refractivity contribution >= 4 is 17.8 Å². The Labute approximate surface area is 139 Å². The number of carbonyl (C=O) groups is 3. The van der Waals surface area contributed by atoms with Crippen molar-refractivity contribution < 1.29 is 34.1 Å². The number of phenols is 1. The minimum absolute atomic E-state index is 0.00812. The van der Waals surface area contributed by atoms with E-state index in [9.17, 15) is 19.5 Å². The van der Waals surface area contributed by atoms with Gasteiger partial charge in [0.1, 0.15) is 17.1 Å². The van der Waals surface area contributed by atoms with Gasteiger partial charge in [-0.1, -0.05) is 0 Å². The summed E-state index contributed by atoms with van der Waals surface area (Å²) >= 11 is 0. The lowest BCUT2D eigenvalue weighted by molar-refractivity contribution is -0.139. The van der Waals surface area contributed by atoms with Gasteiger partial charge in [-0.25, -0.2) is 9.59 Å². The number of carbonyl (C=O) groups excluding carboxylic acids is 2. The predicted molar refractivity (Wildman–Crippen MR) is 84.5 cm³/mol. The number of ketones is 1. The molecule has 1 amide bonds. The van der Waals surface area contributed by atoms with E-state index >= 15 is 0 Å². The second-order valence-electron chi connectivity index (χ2n) is 6.05. The highest BCUT2D eigenvalue weighted by Gasteiger charge is 2.19. The number of ether oxygens (including phenoxy) is 2. The van der Waals surface area contributed by atoms with E-state index in [1.54, 1.807) is 20.8 Å². The highest BCUT2D eigenvalue weighted by Crippen LogP contribution is 2.30. The van der Waals surface area contributed by atoms with Crippen molar-refractivity contribution in [2.24, 2.45) is 0 Å². The molecule has 0 fully saturated rings. The number of carboxylic acids is 1. The molecule has 0 unspecified atom stereocenters. The molecule has 0 saturated carbocycles. The Morgan fingerprint density at radius 3 is 2.38 bits per heavy atom. The molecule has 0 atom stereocenters. The first-order valence-electron chi connectivity index (χ1n) is 7.18. The van der Waals surface area contributed by atoms with Crippen LogP contribution in [0.4, 0.5) is 4.79 Å². The average molecular weight is 339 g/mol.